The van der Waals surface area contributed by atoms with Gasteiger partial charge >= 0.3 is 0 Å². The molecule has 0 bridgehead atoms. The van der Waals surface area contributed by atoms with Crippen LogP contribution >= 0.6 is 0 Å². The molecule has 35 heavy (non-hydrogen) atoms. The molecule has 180 valence electrons. The molecule has 0 spiro atoms. The fraction of sp³-hybridized carbons (Fsp3) is 0.200. The van der Waals surface area contributed by atoms with Gasteiger partial charge in [-0.25, -0.2) is 0 Å². The van der Waals surface area contributed by atoms with Gasteiger partial charge in [0.2, 0.25) is 0 Å². The summed E-state index contributed by atoms with van der Waals surface area (Å²) in [6, 6.07) is 32.3. The first kappa shape index (κ1) is 24.0. The number of rotatable bonds is 12. The van der Waals surface area contributed by atoms with Crippen molar-refractivity contribution in [2.24, 2.45) is 0 Å². The van der Waals surface area contributed by atoms with Crippen molar-refractivity contribution in [3.63, 3.8) is 0 Å². The molecule has 4 rings (SSSR count). The minimum Gasteiger partial charge on any atom is -0.494 e. The molecule has 5 nitrogen and oxygen atoms in total. The standard InChI is InChI=1S/C30H32N2O3/c1-3-33-26-15-9-23(10-16-26)21-31-25-13-19-28(20-14-25)35-30-8-6-5-7-29(30)32-22-24-11-17-27(18-12-24)34-4-2/h5-20,31-32H,3-4,21-22H2,1-2H3. The number of anilines is 2. The van der Waals surface area contributed by atoms with Crippen molar-refractivity contribution < 1.29 is 14.2 Å². The smallest absolute Gasteiger partial charge is 0.150 e. The average Bonchev–Trinajstić information content (AvgIpc) is 2.90. The van der Waals surface area contributed by atoms with E-state index >= 15 is 0 Å². The van der Waals surface area contributed by atoms with Gasteiger partial charge in [-0.05, 0) is 85.6 Å². The monoisotopic (exact) mass is 468 g/mol. The third kappa shape index (κ3) is 7.18. The summed E-state index contributed by atoms with van der Waals surface area (Å²) < 4.78 is 17.2. The Morgan fingerprint density at radius 2 is 1.06 bits per heavy atom. The van der Waals surface area contributed by atoms with Crippen LogP contribution in [0.1, 0.15) is 25.0 Å². The zero-order chi connectivity index (χ0) is 24.3. The first-order valence-corrected chi connectivity index (χ1v) is 12.0. The SMILES string of the molecule is CCOc1ccc(CNc2ccc(Oc3ccccc3NCc3ccc(OCC)cc3)cc2)cc1. The van der Waals surface area contributed by atoms with Crippen molar-refractivity contribution in [2.45, 2.75) is 26.9 Å². The molecule has 0 saturated heterocycles. The average molecular weight is 469 g/mol. The Kier molecular flexibility index (Phi) is 8.49. The number of ether oxygens (including phenoxy) is 3. The molecule has 0 amide bonds. The maximum absolute atomic E-state index is 6.18. The molecule has 4 aromatic carbocycles. The molecule has 0 aliphatic heterocycles. The Labute approximate surface area is 207 Å². The summed E-state index contributed by atoms with van der Waals surface area (Å²) in [5.74, 6) is 3.35. The lowest BCUT2D eigenvalue weighted by Crippen LogP contribution is -2.01. The maximum atomic E-state index is 6.18. The number of para-hydroxylation sites is 2. The zero-order valence-electron chi connectivity index (χ0n) is 20.3. The minimum atomic E-state index is 0.669. The number of hydrogen-bond acceptors (Lipinski definition) is 5. The van der Waals surface area contributed by atoms with Crippen LogP contribution in [0.3, 0.4) is 0 Å². The summed E-state index contributed by atoms with van der Waals surface area (Å²) in [6.45, 7) is 6.75. The van der Waals surface area contributed by atoms with Gasteiger partial charge in [0, 0.05) is 18.8 Å². The molecule has 0 fully saturated rings. The van der Waals surface area contributed by atoms with Crippen LogP contribution in [0.5, 0.6) is 23.0 Å². The van der Waals surface area contributed by atoms with Crippen LogP contribution in [-0.4, -0.2) is 13.2 Å². The van der Waals surface area contributed by atoms with Crippen molar-refractivity contribution in [1.29, 1.82) is 0 Å². The second-order valence-corrected chi connectivity index (χ2v) is 7.98. The van der Waals surface area contributed by atoms with Crippen LogP contribution in [0, 0.1) is 0 Å². The largest absolute Gasteiger partial charge is 0.494 e. The Morgan fingerprint density at radius 1 is 0.543 bits per heavy atom. The van der Waals surface area contributed by atoms with Crippen molar-refractivity contribution in [3.05, 3.63) is 108 Å². The van der Waals surface area contributed by atoms with Crippen molar-refractivity contribution in [1.82, 2.24) is 0 Å². The van der Waals surface area contributed by atoms with Crippen molar-refractivity contribution in [3.8, 4) is 23.0 Å². The van der Waals surface area contributed by atoms with E-state index in [0.717, 1.165) is 40.9 Å². The highest BCUT2D eigenvalue weighted by atomic mass is 16.5. The van der Waals surface area contributed by atoms with E-state index in [-0.39, 0.29) is 0 Å². The third-order valence-corrected chi connectivity index (χ3v) is 5.42. The molecular weight excluding hydrogens is 436 g/mol. The molecule has 2 N–H and O–H groups in total. The highest BCUT2D eigenvalue weighted by molar-refractivity contribution is 5.58. The normalized spacial score (nSPS) is 10.5. The van der Waals surface area contributed by atoms with E-state index in [2.05, 4.69) is 34.9 Å². The quantitative estimate of drug-likeness (QED) is 0.225. The highest BCUT2D eigenvalue weighted by Crippen LogP contribution is 2.30. The molecule has 0 aliphatic rings. The topological polar surface area (TPSA) is 51.8 Å². The molecule has 0 atom stereocenters. The van der Waals surface area contributed by atoms with Gasteiger partial charge in [0.1, 0.15) is 17.2 Å². The highest BCUT2D eigenvalue weighted by Gasteiger charge is 2.05. The van der Waals surface area contributed by atoms with E-state index in [1.165, 1.54) is 11.1 Å². The molecule has 0 aromatic heterocycles. The van der Waals surface area contributed by atoms with Gasteiger partial charge in [0.25, 0.3) is 0 Å². The molecule has 0 radical (unpaired) electrons. The summed E-state index contributed by atoms with van der Waals surface area (Å²) in [6.07, 6.45) is 0. The third-order valence-electron chi connectivity index (χ3n) is 5.42. The van der Waals surface area contributed by atoms with Gasteiger partial charge in [0.15, 0.2) is 5.75 Å². The summed E-state index contributed by atoms with van der Waals surface area (Å²) >= 11 is 0. The fourth-order valence-electron chi connectivity index (χ4n) is 3.61. The fourth-order valence-corrected chi connectivity index (χ4v) is 3.61. The summed E-state index contributed by atoms with van der Waals surface area (Å²) in [7, 11) is 0. The summed E-state index contributed by atoms with van der Waals surface area (Å²) in [4.78, 5) is 0. The van der Waals surface area contributed by atoms with E-state index in [0.29, 0.717) is 19.8 Å². The van der Waals surface area contributed by atoms with E-state index in [4.69, 9.17) is 14.2 Å². The summed E-state index contributed by atoms with van der Waals surface area (Å²) in [5, 5.41) is 6.92. The van der Waals surface area contributed by atoms with Gasteiger partial charge in [-0.2, -0.15) is 0 Å². The predicted molar refractivity (Wildman–Crippen MR) is 143 cm³/mol. The van der Waals surface area contributed by atoms with Gasteiger partial charge in [-0.3, -0.25) is 0 Å². The second kappa shape index (κ2) is 12.4. The van der Waals surface area contributed by atoms with Crippen LogP contribution < -0.4 is 24.8 Å². The molecule has 0 aliphatic carbocycles. The van der Waals surface area contributed by atoms with Gasteiger partial charge in [0.05, 0.1) is 18.9 Å². The lowest BCUT2D eigenvalue weighted by molar-refractivity contribution is 0.340. The van der Waals surface area contributed by atoms with Crippen LogP contribution in [0.4, 0.5) is 11.4 Å². The van der Waals surface area contributed by atoms with Crippen molar-refractivity contribution >= 4 is 11.4 Å². The molecule has 0 unspecified atom stereocenters. The minimum absolute atomic E-state index is 0.669. The van der Waals surface area contributed by atoms with Crippen LogP contribution in [0.2, 0.25) is 0 Å². The van der Waals surface area contributed by atoms with Crippen LogP contribution in [0.25, 0.3) is 0 Å². The number of nitrogens with one attached hydrogen (secondary N) is 2. The van der Waals surface area contributed by atoms with Gasteiger partial charge in [-0.1, -0.05) is 36.4 Å². The maximum Gasteiger partial charge on any atom is 0.150 e. The molecule has 5 heteroatoms. The van der Waals surface area contributed by atoms with Crippen LogP contribution in [-0.2, 0) is 13.1 Å². The Balaban J connectivity index is 1.32. The lowest BCUT2D eigenvalue weighted by atomic mass is 10.2. The Bertz CT molecular complexity index is 1170. The molecule has 0 heterocycles. The van der Waals surface area contributed by atoms with Gasteiger partial charge in [-0.15, -0.1) is 0 Å². The van der Waals surface area contributed by atoms with E-state index in [1.807, 2.05) is 86.6 Å². The molecule has 4 aromatic rings. The molecule has 0 saturated carbocycles. The number of benzene rings is 4. The molecular formula is C30H32N2O3. The first-order chi connectivity index (χ1) is 17.2. The summed E-state index contributed by atoms with van der Waals surface area (Å²) in [5.41, 5.74) is 4.35. The number of hydrogen-bond donors (Lipinski definition) is 2. The lowest BCUT2D eigenvalue weighted by Gasteiger charge is -2.14. The van der Waals surface area contributed by atoms with E-state index in [1.54, 1.807) is 0 Å². The predicted octanol–water partition coefficient (Wildman–Crippen LogP) is 7.50. The van der Waals surface area contributed by atoms with Gasteiger partial charge < -0.3 is 24.8 Å². The van der Waals surface area contributed by atoms with E-state index in [9.17, 15) is 0 Å². The Hall–Kier alpha value is -4.12. The van der Waals surface area contributed by atoms with Crippen LogP contribution in [0.15, 0.2) is 97.1 Å². The zero-order valence-corrected chi connectivity index (χ0v) is 20.3. The second-order valence-electron chi connectivity index (χ2n) is 7.98. The first-order valence-electron chi connectivity index (χ1n) is 12.0. The Morgan fingerprint density at radius 3 is 1.63 bits per heavy atom. The van der Waals surface area contributed by atoms with Crippen molar-refractivity contribution in [2.75, 3.05) is 23.8 Å². The van der Waals surface area contributed by atoms with E-state index < -0.39 is 0 Å².